The highest BCUT2D eigenvalue weighted by Crippen LogP contribution is 2.38. The first-order valence-corrected chi connectivity index (χ1v) is 6.83. The molecular formula is C14H22N4O. The average molecular weight is 262 g/mol. The number of oxime groups is 1. The molecule has 0 aromatic carbocycles. The zero-order valence-corrected chi connectivity index (χ0v) is 11.6. The van der Waals surface area contributed by atoms with Gasteiger partial charge in [-0.15, -0.1) is 0 Å². The van der Waals surface area contributed by atoms with Gasteiger partial charge in [0.2, 0.25) is 0 Å². The Morgan fingerprint density at radius 3 is 2.84 bits per heavy atom. The fourth-order valence-corrected chi connectivity index (χ4v) is 2.77. The lowest BCUT2D eigenvalue weighted by molar-refractivity contribution is 0.301. The maximum atomic E-state index is 8.73. The second kappa shape index (κ2) is 5.47. The van der Waals surface area contributed by atoms with Gasteiger partial charge < -0.3 is 15.8 Å². The Labute approximate surface area is 114 Å². The second-order valence-electron chi connectivity index (χ2n) is 5.27. The van der Waals surface area contributed by atoms with Gasteiger partial charge in [-0.2, -0.15) is 0 Å². The van der Waals surface area contributed by atoms with Gasteiger partial charge in [0.05, 0.1) is 0 Å². The molecule has 5 nitrogen and oxygen atoms in total. The molecule has 0 unspecified atom stereocenters. The topological polar surface area (TPSA) is 74.7 Å². The average Bonchev–Trinajstić information content (AvgIpc) is 2.92. The van der Waals surface area contributed by atoms with Crippen LogP contribution in [0.5, 0.6) is 0 Å². The summed E-state index contributed by atoms with van der Waals surface area (Å²) < 4.78 is 0. The molecule has 0 atom stereocenters. The number of anilines is 1. The van der Waals surface area contributed by atoms with Gasteiger partial charge in [0.15, 0.2) is 5.84 Å². The van der Waals surface area contributed by atoms with Crippen molar-refractivity contribution in [2.24, 2.45) is 16.3 Å². The number of nitrogens with zero attached hydrogens (tertiary/aromatic N) is 3. The highest BCUT2D eigenvalue weighted by molar-refractivity contribution is 5.97. The van der Waals surface area contributed by atoms with Gasteiger partial charge in [0.1, 0.15) is 5.82 Å². The molecule has 1 aliphatic heterocycles. The van der Waals surface area contributed by atoms with Gasteiger partial charge in [-0.1, -0.05) is 19.0 Å². The predicted molar refractivity (Wildman–Crippen MR) is 76.6 cm³/mol. The van der Waals surface area contributed by atoms with Gasteiger partial charge in [0, 0.05) is 24.8 Å². The van der Waals surface area contributed by atoms with Crippen LogP contribution in [0.2, 0.25) is 0 Å². The molecule has 2 rings (SSSR count). The minimum Gasteiger partial charge on any atom is -0.409 e. The summed E-state index contributed by atoms with van der Waals surface area (Å²) in [5.41, 5.74) is 6.74. The number of nitrogens with two attached hydrogens (primary N) is 1. The third-order valence-electron chi connectivity index (χ3n) is 4.41. The maximum Gasteiger partial charge on any atom is 0.170 e. The number of aromatic nitrogens is 1. The molecule has 1 saturated heterocycles. The molecule has 1 aromatic heterocycles. The Hall–Kier alpha value is -1.78. The van der Waals surface area contributed by atoms with E-state index in [0.29, 0.717) is 11.0 Å². The molecule has 1 aromatic rings. The maximum absolute atomic E-state index is 8.73. The van der Waals surface area contributed by atoms with Crippen LogP contribution in [-0.2, 0) is 0 Å². The quantitative estimate of drug-likeness (QED) is 0.377. The zero-order valence-electron chi connectivity index (χ0n) is 11.6. The number of rotatable bonds is 4. The monoisotopic (exact) mass is 262 g/mol. The highest BCUT2D eigenvalue weighted by Gasteiger charge is 2.35. The Bertz CT molecular complexity index is 468. The predicted octanol–water partition coefficient (Wildman–Crippen LogP) is 2.19. The number of amidine groups is 1. The summed E-state index contributed by atoms with van der Waals surface area (Å²) in [7, 11) is 0. The van der Waals surface area contributed by atoms with Crippen LogP contribution in [0.3, 0.4) is 0 Å². The molecule has 19 heavy (non-hydrogen) atoms. The first-order chi connectivity index (χ1) is 9.14. The van der Waals surface area contributed by atoms with Crippen LogP contribution in [0.25, 0.3) is 0 Å². The zero-order chi connectivity index (χ0) is 13.9. The van der Waals surface area contributed by atoms with E-state index in [-0.39, 0.29) is 5.84 Å². The molecule has 0 amide bonds. The molecule has 0 saturated carbocycles. The lowest BCUT2D eigenvalue weighted by Crippen LogP contribution is -2.27. The first-order valence-electron chi connectivity index (χ1n) is 6.83. The van der Waals surface area contributed by atoms with Crippen molar-refractivity contribution in [1.82, 2.24) is 4.98 Å². The lowest BCUT2D eigenvalue weighted by Gasteiger charge is -2.26. The van der Waals surface area contributed by atoms with E-state index in [4.69, 9.17) is 10.9 Å². The fraction of sp³-hybridized carbons (Fsp3) is 0.571. The Balaban J connectivity index is 2.20. The molecule has 1 fully saturated rings. The van der Waals surface area contributed by atoms with E-state index >= 15 is 0 Å². The molecule has 0 radical (unpaired) electrons. The molecule has 5 heteroatoms. The molecule has 1 aliphatic rings. The van der Waals surface area contributed by atoms with E-state index in [9.17, 15) is 0 Å². The van der Waals surface area contributed by atoms with Crippen LogP contribution in [-0.4, -0.2) is 29.1 Å². The van der Waals surface area contributed by atoms with E-state index in [2.05, 4.69) is 28.9 Å². The van der Waals surface area contributed by atoms with E-state index in [1.165, 1.54) is 19.3 Å². The van der Waals surface area contributed by atoms with E-state index < -0.39 is 0 Å². The number of pyridine rings is 1. The van der Waals surface area contributed by atoms with Crippen molar-refractivity contribution in [2.75, 3.05) is 18.0 Å². The minimum absolute atomic E-state index is 0.125. The largest absolute Gasteiger partial charge is 0.409 e. The van der Waals surface area contributed by atoms with Crippen LogP contribution in [0.4, 0.5) is 5.82 Å². The van der Waals surface area contributed by atoms with E-state index in [1.807, 2.05) is 6.07 Å². The van der Waals surface area contributed by atoms with Crippen molar-refractivity contribution >= 4 is 11.7 Å². The Morgan fingerprint density at radius 1 is 1.53 bits per heavy atom. The van der Waals surface area contributed by atoms with Crippen LogP contribution in [0, 0.1) is 5.41 Å². The summed E-state index contributed by atoms with van der Waals surface area (Å²) in [6.07, 6.45) is 5.30. The van der Waals surface area contributed by atoms with Gasteiger partial charge in [-0.3, -0.25) is 0 Å². The minimum atomic E-state index is 0.125. The third kappa shape index (κ3) is 2.64. The normalized spacial score (nSPS) is 18.8. The van der Waals surface area contributed by atoms with Crippen LogP contribution in [0.1, 0.15) is 38.7 Å². The number of hydrogen-bond donors (Lipinski definition) is 2. The van der Waals surface area contributed by atoms with Gasteiger partial charge >= 0.3 is 0 Å². The summed E-state index contributed by atoms with van der Waals surface area (Å²) in [5, 5.41) is 11.8. The molecule has 104 valence electrons. The van der Waals surface area contributed by atoms with Crippen LogP contribution in [0.15, 0.2) is 23.5 Å². The van der Waals surface area contributed by atoms with Crippen molar-refractivity contribution in [3.63, 3.8) is 0 Å². The Morgan fingerprint density at radius 2 is 2.26 bits per heavy atom. The van der Waals surface area contributed by atoms with Gasteiger partial charge in [0.25, 0.3) is 0 Å². The SMILES string of the molecule is CCC1(CC)CCN(c2cc(C(N)=NO)ccn2)C1. The van der Waals surface area contributed by atoms with Crippen molar-refractivity contribution < 1.29 is 5.21 Å². The smallest absolute Gasteiger partial charge is 0.170 e. The van der Waals surface area contributed by atoms with Crippen LogP contribution < -0.4 is 10.6 Å². The Kier molecular flexibility index (Phi) is 3.93. The molecule has 0 spiro atoms. The standard InChI is InChI=1S/C14H22N4O/c1-3-14(4-2)6-8-18(10-14)12-9-11(5-7-16-12)13(15)17-19/h5,7,9,19H,3-4,6,8,10H2,1-2H3,(H2,15,17). The third-order valence-corrected chi connectivity index (χ3v) is 4.41. The molecule has 2 heterocycles. The van der Waals surface area contributed by atoms with Gasteiger partial charge in [-0.05, 0) is 36.8 Å². The van der Waals surface area contributed by atoms with E-state index in [1.54, 1.807) is 12.3 Å². The molecule has 3 N–H and O–H groups in total. The first kappa shape index (κ1) is 13.6. The van der Waals surface area contributed by atoms with Crippen LogP contribution >= 0.6 is 0 Å². The molecule has 0 bridgehead atoms. The summed E-state index contributed by atoms with van der Waals surface area (Å²) >= 11 is 0. The number of hydrogen-bond acceptors (Lipinski definition) is 4. The summed E-state index contributed by atoms with van der Waals surface area (Å²) in [6, 6.07) is 3.64. The fourth-order valence-electron chi connectivity index (χ4n) is 2.77. The van der Waals surface area contributed by atoms with Crippen molar-refractivity contribution in [3.05, 3.63) is 23.9 Å². The lowest BCUT2D eigenvalue weighted by atomic mass is 9.82. The van der Waals surface area contributed by atoms with Gasteiger partial charge in [-0.25, -0.2) is 4.98 Å². The van der Waals surface area contributed by atoms with Crippen molar-refractivity contribution in [2.45, 2.75) is 33.1 Å². The van der Waals surface area contributed by atoms with E-state index in [0.717, 1.165) is 18.9 Å². The van der Waals surface area contributed by atoms with Crippen molar-refractivity contribution in [3.8, 4) is 0 Å². The second-order valence-corrected chi connectivity index (χ2v) is 5.27. The summed E-state index contributed by atoms with van der Waals surface area (Å²) in [6.45, 7) is 6.57. The summed E-state index contributed by atoms with van der Waals surface area (Å²) in [5.74, 6) is 1.04. The molecule has 0 aliphatic carbocycles. The van der Waals surface area contributed by atoms with Crippen molar-refractivity contribution in [1.29, 1.82) is 0 Å². The highest BCUT2D eigenvalue weighted by atomic mass is 16.4. The summed E-state index contributed by atoms with van der Waals surface area (Å²) in [4.78, 5) is 6.70. The molecular weight excluding hydrogens is 240 g/mol.